The number of rotatable bonds is 4. The van der Waals surface area contributed by atoms with Crippen molar-refractivity contribution in [2.24, 2.45) is 0 Å². The zero-order valence-electron chi connectivity index (χ0n) is 14.6. The van der Waals surface area contributed by atoms with E-state index in [0.29, 0.717) is 24.4 Å². The van der Waals surface area contributed by atoms with Crippen LogP contribution in [-0.2, 0) is 0 Å². The van der Waals surface area contributed by atoms with Crippen LogP contribution in [0.1, 0.15) is 22.8 Å². The van der Waals surface area contributed by atoms with Crippen molar-refractivity contribution in [3.05, 3.63) is 66.4 Å². The molecule has 0 spiro atoms. The minimum Gasteiger partial charge on any atom is -0.497 e. The molecular formula is C20H20N4O2. The van der Waals surface area contributed by atoms with Crippen molar-refractivity contribution in [3.8, 4) is 17.0 Å². The molecule has 0 aliphatic carbocycles. The van der Waals surface area contributed by atoms with Crippen LogP contribution in [0.4, 0.5) is 0 Å². The largest absolute Gasteiger partial charge is 0.497 e. The highest BCUT2D eigenvalue weighted by molar-refractivity contribution is 5.94. The first-order chi connectivity index (χ1) is 12.7. The minimum absolute atomic E-state index is 0.0230. The van der Waals surface area contributed by atoms with Crippen LogP contribution < -0.4 is 4.74 Å². The fourth-order valence-electron chi connectivity index (χ4n) is 3.28. The second kappa shape index (κ2) is 7.00. The Kier molecular flexibility index (Phi) is 4.39. The minimum atomic E-state index is 0.0230. The third-order valence-electron chi connectivity index (χ3n) is 4.72. The van der Waals surface area contributed by atoms with Gasteiger partial charge in [0.05, 0.1) is 19.3 Å². The topological polar surface area (TPSA) is 60.2 Å². The molecule has 1 amide bonds. The predicted molar refractivity (Wildman–Crippen MR) is 98.0 cm³/mol. The lowest BCUT2D eigenvalue weighted by Crippen LogP contribution is -2.29. The summed E-state index contributed by atoms with van der Waals surface area (Å²) in [5.74, 6) is 0.713. The van der Waals surface area contributed by atoms with E-state index in [1.165, 1.54) is 0 Å². The molecule has 0 radical (unpaired) electrons. The number of amides is 1. The standard InChI is InChI=1S/C20H20N4O2/c1-26-18-9-5-8-16(12-18)20(25)23-11-10-17(13-23)24-14-19(21-22-24)15-6-3-2-4-7-15/h2-9,12,14,17H,10-11,13H2,1H3. The monoisotopic (exact) mass is 348 g/mol. The number of likely N-dealkylation sites (tertiary alicyclic amines) is 1. The number of nitrogens with zero attached hydrogens (tertiary/aromatic N) is 4. The summed E-state index contributed by atoms with van der Waals surface area (Å²) in [6.45, 7) is 1.34. The Morgan fingerprint density at radius 1 is 1.15 bits per heavy atom. The van der Waals surface area contributed by atoms with E-state index in [-0.39, 0.29) is 11.9 Å². The first kappa shape index (κ1) is 16.3. The number of ether oxygens (including phenoxy) is 1. The molecule has 4 rings (SSSR count). The van der Waals surface area contributed by atoms with Gasteiger partial charge in [-0.2, -0.15) is 0 Å². The lowest BCUT2D eigenvalue weighted by atomic mass is 10.2. The first-order valence-corrected chi connectivity index (χ1v) is 8.65. The molecule has 1 atom stereocenters. The maximum Gasteiger partial charge on any atom is 0.254 e. The Morgan fingerprint density at radius 2 is 2.00 bits per heavy atom. The van der Waals surface area contributed by atoms with Gasteiger partial charge in [-0.25, -0.2) is 4.68 Å². The summed E-state index contributed by atoms with van der Waals surface area (Å²) in [5.41, 5.74) is 2.54. The van der Waals surface area contributed by atoms with Crippen molar-refractivity contribution in [1.29, 1.82) is 0 Å². The quantitative estimate of drug-likeness (QED) is 0.727. The second-order valence-electron chi connectivity index (χ2n) is 6.38. The summed E-state index contributed by atoms with van der Waals surface area (Å²) in [7, 11) is 1.60. The zero-order chi connectivity index (χ0) is 17.9. The maximum absolute atomic E-state index is 12.7. The van der Waals surface area contributed by atoms with Crippen molar-refractivity contribution in [1.82, 2.24) is 19.9 Å². The van der Waals surface area contributed by atoms with Crippen molar-refractivity contribution >= 4 is 5.91 Å². The molecule has 1 aliphatic heterocycles. The van der Waals surface area contributed by atoms with Gasteiger partial charge in [0.2, 0.25) is 0 Å². The van der Waals surface area contributed by atoms with Crippen LogP contribution in [0.2, 0.25) is 0 Å². The average molecular weight is 348 g/mol. The zero-order valence-corrected chi connectivity index (χ0v) is 14.6. The van der Waals surface area contributed by atoms with Crippen LogP contribution in [0.25, 0.3) is 11.3 Å². The smallest absolute Gasteiger partial charge is 0.254 e. The number of hydrogen-bond acceptors (Lipinski definition) is 4. The summed E-state index contributed by atoms with van der Waals surface area (Å²) in [4.78, 5) is 14.6. The van der Waals surface area contributed by atoms with Gasteiger partial charge in [0, 0.05) is 24.2 Å². The highest BCUT2D eigenvalue weighted by Crippen LogP contribution is 2.25. The van der Waals surface area contributed by atoms with Crippen LogP contribution in [-0.4, -0.2) is 46.0 Å². The number of methoxy groups -OCH3 is 1. The molecule has 1 saturated heterocycles. The van der Waals surface area contributed by atoms with Gasteiger partial charge in [0.25, 0.3) is 5.91 Å². The number of hydrogen-bond donors (Lipinski definition) is 0. The van der Waals surface area contributed by atoms with Gasteiger partial charge in [-0.05, 0) is 24.6 Å². The van der Waals surface area contributed by atoms with Crippen LogP contribution in [0.3, 0.4) is 0 Å². The molecule has 1 fully saturated rings. The fourth-order valence-corrected chi connectivity index (χ4v) is 3.28. The third kappa shape index (κ3) is 3.18. The second-order valence-corrected chi connectivity index (χ2v) is 6.38. The molecule has 6 nitrogen and oxygen atoms in total. The van der Waals surface area contributed by atoms with Crippen LogP contribution >= 0.6 is 0 Å². The van der Waals surface area contributed by atoms with Crippen molar-refractivity contribution in [3.63, 3.8) is 0 Å². The Hall–Kier alpha value is -3.15. The van der Waals surface area contributed by atoms with Crippen molar-refractivity contribution < 1.29 is 9.53 Å². The Bertz CT molecular complexity index is 907. The van der Waals surface area contributed by atoms with Crippen LogP contribution in [0.15, 0.2) is 60.8 Å². The molecule has 0 saturated carbocycles. The third-order valence-corrected chi connectivity index (χ3v) is 4.72. The molecule has 26 heavy (non-hydrogen) atoms. The molecule has 2 heterocycles. The molecule has 0 bridgehead atoms. The van der Waals surface area contributed by atoms with Gasteiger partial charge in [-0.3, -0.25) is 4.79 Å². The number of carbonyl (C=O) groups excluding carboxylic acids is 1. The molecule has 3 aromatic rings. The van der Waals surface area contributed by atoms with Gasteiger partial charge < -0.3 is 9.64 Å². The van der Waals surface area contributed by atoms with E-state index in [2.05, 4.69) is 10.3 Å². The predicted octanol–water partition coefficient (Wildman–Crippen LogP) is 3.04. The van der Waals surface area contributed by atoms with E-state index in [1.807, 2.05) is 64.3 Å². The number of carbonyl (C=O) groups is 1. The molecule has 132 valence electrons. The average Bonchev–Trinajstić information content (AvgIpc) is 3.38. The van der Waals surface area contributed by atoms with Crippen LogP contribution in [0, 0.1) is 0 Å². The van der Waals surface area contributed by atoms with E-state index in [0.717, 1.165) is 17.7 Å². The highest BCUT2D eigenvalue weighted by atomic mass is 16.5. The molecule has 6 heteroatoms. The van der Waals surface area contributed by atoms with Crippen LogP contribution in [0.5, 0.6) is 5.75 Å². The highest BCUT2D eigenvalue weighted by Gasteiger charge is 2.29. The van der Waals surface area contributed by atoms with Gasteiger partial charge in [-0.15, -0.1) is 5.10 Å². The Labute approximate surface area is 152 Å². The molecule has 0 N–H and O–H groups in total. The lowest BCUT2D eigenvalue weighted by Gasteiger charge is -2.17. The fraction of sp³-hybridized carbons (Fsp3) is 0.250. The normalized spacial score (nSPS) is 16.7. The van der Waals surface area contributed by atoms with Gasteiger partial charge in [0.1, 0.15) is 11.4 Å². The molecule has 2 aromatic carbocycles. The maximum atomic E-state index is 12.7. The first-order valence-electron chi connectivity index (χ1n) is 8.65. The van der Waals surface area contributed by atoms with E-state index < -0.39 is 0 Å². The lowest BCUT2D eigenvalue weighted by molar-refractivity contribution is 0.0786. The van der Waals surface area contributed by atoms with Crippen molar-refractivity contribution in [2.75, 3.05) is 20.2 Å². The summed E-state index contributed by atoms with van der Waals surface area (Å²) >= 11 is 0. The Balaban J connectivity index is 1.47. The molecular weight excluding hydrogens is 328 g/mol. The van der Waals surface area contributed by atoms with E-state index in [4.69, 9.17) is 4.74 Å². The number of aromatic nitrogens is 3. The summed E-state index contributed by atoms with van der Waals surface area (Å²) in [5, 5.41) is 8.55. The van der Waals surface area contributed by atoms with E-state index in [9.17, 15) is 4.79 Å². The van der Waals surface area contributed by atoms with Crippen molar-refractivity contribution in [2.45, 2.75) is 12.5 Å². The summed E-state index contributed by atoms with van der Waals surface area (Å²) in [6.07, 6.45) is 2.83. The summed E-state index contributed by atoms with van der Waals surface area (Å²) < 4.78 is 7.09. The summed E-state index contributed by atoms with van der Waals surface area (Å²) in [6, 6.07) is 17.4. The molecule has 1 aromatic heterocycles. The van der Waals surface area contributed by atoms with Gasteiger partial charge in [0.15, 0.2) is 0 Å². The van der Waals surface area contributed by atoms with E-state index >= 15 is 0 Å². The molecule has 1 unspecified atom stereocenters. The number of benzene rings is 2. The SMILES string of the molecule is COc1cccc(C(=O)N2CCC(n3cc(-c4ccccc4)nn3)C2)c1. The Morgan fingerprint density at radius 3 is 2.81 bits per heavy atom. The van der Waals surface area contributed by atoms with Gasteiger partial charge in [-0.1, -0.05) is 41.6 Å². The van der Waals surface area contributed by atoms with Gasteiger partial charge >= 0.3 is 0 Å². The van der Waals surface area contributed by atoms with E-state index in [1.54, 1.807) is 13.2 Å². The molecule has 1 aliphatic rings.